The highest BCUT2D eigenvalue weighted by Gasteiger charge is 2.16. The predicted molar refractivity (Wildman–Crippen MR) is 80.1 cm³/mol. The molecular weight excluding hydrogens is 271 g/mol. The van der Waals surface area contributed by atoms with Crippen LogP contribution in [0, 0.1) is 0 Å². The average molecular weight is 288 g/mol. The fourth-order valence-electron chi connectivity index (χ4n) is 1.96. The Bertz CT molecular complexity index is 600. The van der Waals surface area contributed by atoms with Crippen molar-refractivity contribution in [2.45, 2.75) is 6.61 Å². The molecule has 0 heterocycles. The first-order valence-electron chi connectivity index (χ1n) is 6.44. The van der Waals surface area contributed by atoms with Crippen LogP contribution in [0.2, 0.25) is 0 Å². The first-order chi connectivity index (χ1) is 10.2. The lowest BCUT2D eigenvalue weighted by atomic mass is 9.79. The number of ether oxygens (including phenoxy) is 3. The highest BCUT2D eigenvalue weighted by Crippen LogP contribution is 2.27. The van der Waals surface area contributed by atoms with E-state index in [-0.39, 0.29) is 6.61 Å². The highest BCUT2D eigenvalue weighted by atomic mass is 16.5. The van der Waals surface area contributed by atoms with Gasteiger partial charge in [0.25, 0.3) is 0 Å². The molecular formula is C15H17BO5. The van der Waals surface area contributed by atoms with E-state index >= 15 is 0 Å². The van der Waals surface area contributed by atoms with Crippen molar-refractivity contribution in [2.24, 2.45) is 0 Å². The molecule has 110 valence electrons. The van der Waals surface area contributed by atoms with Gasteiger partial charge >= 0.3 is 7.12 Å². The molecule has 2 aromatic rings. The van der Waals surface area contributed by atoms with Gasteiger partial charge in [-0.3, -0.25) is 0 Å². The Kier molecular flexibility index (Phi) is 5.08. The summed E-state index contributed by atoms with van der Waals surface area (Å²) in [7, 11) is 1.58. The van der Waals surface area contributed by atoms with Gasteiger partial charge in [-0.05, 0) is 23.8 Å². The van der Waals surface area contributed by atoms with E-state index in [4.69, 9.17) is 14.2 Å². The van der Waals surface area contributed by atoms with Gasteiger partial charge in [-0.2, -0.15) is 0 Å². The number of hydrogen-bond acceptors (Lipinski definition) is 5. The quantitative estimate of drug-likeness (QED) is 0.775. The number of benzene rings is 2. The van der Waals surface area contributed by atoms with Gasteiger partial charge in [0.1, 0.15) is 12.4 Å². The van der Waals surface area contributed by atoms with Gasteiger partial charge in [-0.1, -0.05) is 24.3 Å². The van der Waals surface area contributed by atoms with E-state index < -0.39 is 7.12 Å². The lowest BCUT2D eigenvalue weighted by molar-refractivity contribution is 0.304. The molecule has 0 amide bonds. The van der Waals surface area contributed by atoms with E-state index in [9.17, 15) is 10.0 Å². The molecule has 0 aromatic heterocycles. The van der Waals surface area contributed by atoms with Crippen LogP contribution in [-0.2, 0) is 6.61 Å². The molecule has 2 aromatic carbocycles. The van der Waals surface area contributed by atoms with E-state index in [1.807, 2.05) is 12.1 Å². The van der Waals surface area contributed by atoms with Crippen molar-refractivity contribution >= 4 is 12.6 Å². The standard InChI is InChI=1S/C15H17BO5/c1-19-14-8-7-11(9-15(14)20-2)10-21-13-6-4-3-5-12(13)16(17)18/h3-9,17-18H,10H2,1-2H3. The Labute approximate surface area is 123 Å². The molecule has 21 heavy (non-hydrogen) atoms. The summed E-state index contributed by atoms with van der Waals surface area (Å²) in [5, 5.41) is 18.6. The van der Waals surface area contributed by atoms with Crippen molar-refractivity contribution in [3.63, 3.8) is 0 Å². The van der Waals surface area contributed by atoms with Crippen molar-refractivity contribution < 1.29 is 24.3 Å². The zero-order chi connectivity index (χ0) is 15.2. The molecule has 0 aliphatic carbocycles. The third kappa shape index (κ3) is 3.68. The monoisotopic (exact) mass is 288 g/mol. The molecule has 5 nitrogen and oxygen atoms in total. The van der Waals surface area contributed by atoms with Crippen molar-refractivity contribution in [2.75, 3.05) is 14.2 Å². The van der Waals surface area contributed by atoms with Crippen LogP contribution in [0.3, 0.4) is 0 Å². The van der Waals surface area contributed by atoms with Gasteiger partial charge in [0.05, 0.1) is 14.2 Å². The smallest absolute Gasteiger partial charge is 0.492 e. The van der Waals surface area contributed by atoms with E-state index in [2.05, 4.69) is 0 Å². The summed E-state index contributed by atoms with van der Waals surface area (Å²) >= 11 is 0. The topological polar surface area (TPSA) is 68.2 Å². The molecule has 0 bridgehead atoms. The Morgan fingerprint density at radius 2 is 1.62 bits per heavy atom. The molecule has 0 aliphatic rings. The Balaban J connectivity index is 2.13. The maximum Gasteiger partial charge on any atom is 0.492 e. The second-order valence-corrected chi connectivity index (χ2v) is 4.39. The molecule has 2 rings (SSSR count). The van der Waals surface area contributed by atoms with Gasteiger partial charge in [0.15, 0.2) is 11.5 Å². The fraction of sp³-hybridized carbons (Fsp3) is 0.200. The first-order valence-corrected chi connectivity index (χ1v) is 6.44. The molecule has 6 heteroatoms. The van der Waals surface area contributed by atoms with Crippen molar-refractivity contribution in [3.8, 4) is 17.2 Å². The largest absolute Gasteiger partial charge is 0.493 e. The first kappa shape index (κ1) is 15.2. The van der Waals surface area contributed by atoms with Gasteiger partial charge in [-0.25, -0.2) is 0 Å². The summed E-state index contributed by atoms with van der Waals surface area (Å²) in [4.78, 5) is 0. The van der Waals surface area contributed by atoms with Crippen LogP contribution in [0.15, 0.2) is 42.5 Å². The zero-order valence-electron chi connectivity index (χ0n) is 11.9. The molecule has 0 unspecified atom stereocenters. The van der Waals surface area contributed by atoms with Crippen LogP contribution in [-0.4, -0.2) is 31.4 Å². The van der Waals surface area contributed by atoms with Crippen molar-refractivity contribution in [1.82, 2.24) is 0 Å². The maximum atomic E-state index is 9.29. The Morgan fingerprint density at radius 1 is 0.905 bits per heavy atom. The van der Waals surface area contributed by atoms with E-state index in [0.717, 1.165) is 5.56 Å². The molecule has 2 N–H and O–H groups in total. The summed E-state index contributed by atoms with van der Waals surface area (Å²) in [6, 6.07) is 12.3. The van der Waals surface area contributed by atoms with Crippen LogP contribution in [0.5, 0.6) is 17.2 Å². The summed E-state index contributed by atoms with van der Waals surface area (Å²) in [5.41, 5.74) is 1.22. The predicted octanol–water partition coefficient (Wildman–Crippen LogP) is 0.963. The van der Waals surface area contributed by atoms with Gasteiger partial charge in [0, 0.05) is 5.46 Å². The van der Waals surface area contributed by atoms with Crippen LogP contribution in [0.4, 0.5) is 0 Å². The zero-order valence-corrected chi connectivity index (χ0v) is 11.9. The number of methoxy groups -OCH3 is 2. The number of para-hydroxylation sites is 1. The van der Waals surface area contributed by atoms with Crippen LogP contribution < -0.4 is 19.7 Å². The number of hydrogen-bond donors (Lipinski definition) is 2. The van der Waals surface area contributed by atoms with Crippen LogP contribution >= 0.6 is 0 Å². The summed E-state index contributed by atoms with van der Waals surface area (Å²) in [6.45, 7) is 0.282. The highest BCUT2D eigenvalue weighted by molar-refractivity contribution is 6.59. The molecule has 0 radical (unpaired) electrons. The second kappa shape index (κ2) is 7.01. The third-order valence-corrected chi connectivity index (χ3v) is 3.04. The van der Waals surface area contributed by atoms with Crippen molar-refractivity contribution in [1.29, 1.82) is 0 Å². The Morgan fingerprint density at radius 3 is 2.29 bits per heavy atom. The minimum Gasteiger partial charge on any atom is -0.493 e. The molecule has 0 saturated carbocycles. The van der Waals surface area contributed by atoms with Gasteiger partial charge in [-0.15, -0.1) is 0 Å². The third-order valence-electron chi connectivity index (χ3n) is 3.04. The summed E-state index contributed by atoms with van der Waals surface area (Å²) < 4.78 is 16.0. The second-order valence-electron chi connectivity index (χ2n) is 4.39. The normalized spacial score (nSPS) is 10.1. The van der Waals surface area contributed by atoms with E-state index in [0.29, 0.717) is 22.7 Å². The van der Waals surface area contributed by atoms with Crippen molar-refractivity contribution in [3.05, 3.63) is 48.0 Å². The lowest BCUT2D eigenvalue weighted by Crippen LogP contribution is -2.31. The molecule has 0 spiro atoms. The van der Waals surface area contributed by atoms with Gasteiger partial charge < -0.3 is 24.3 Å². The molecule has 0 aliphatic heterocycles. The molecule has 0 saturated heterocycles. The van der Waals surface area contributed by atoms with Gasteiger partial charge in [0.2, 0.25) is 0 Å². The molecule has 0 fully saturated rings. The average Bonchev–Trinajstić information content (AvgIpc) is 2.52. The maximum absolute atomic E-state index is 9.29. The summed E-state index contributed by atoms with van der Waals surface area (Å²) in [6.07, 6.45) is 0. The summed E-state index contributed by atoms with van der Waals surface area (Å²) in [5.74, 6) is 1.70. The van der Waals surface area contributed by atoms with E-state index in [1.165, 1.54) is 0 Å². The number of rotatable bonds is 6. The molecule has 0 atom stereocenters. The fourth-order valence-corrected chi connectivity index (χ4v) is 1.96. The minimum atomic E-state index is -1.56. The SMILES string of the molecule is COc1ccc(COc2ccccc2B(O)O)cc1OC. The van der Waals surface area contributed by atoms with Crippen LogP contribution in [0.25, 0.3) is 0 Å². The van der Waals surface area contributed by atoms with Crippen LogP contribution in [0.1, 0.15) is 5.56 Å². The Hall–Kier alpha value is -2.18. The minimum absolute atomic E-state index is 0.282. The lowest BCUT2D eigenvalue weighted by Gasteiger charge is -2.12. The van der Waals surface area contributed by atoms with E-state index in [1.54, 1.807) is 44.6 Å².